The molecule has 100 valence electrons. The Labute approximate surface area is 111 Å². The zero-order valence-corrected chi connectivity index (χ0v) is 11.9. The van der Waals surface area contributed by atoms with Crippen LogP contribution in [0.5, 0.6) is 0 Å². The number of hydrogen-bond donors (Lipinski definition) is 0. The van der Waals surface area contributed by atoms with Crippen molar-refractivity contribution in [2.75, 3.05) is 0 Å². The Hall–Kier alpha value is -1.05. The summed E-state index contributed by atoms with van der Waals surface area (Å²) >= 11 is 0. The Balaban J connectivity index is 2.06. The summed E-state index contributed by atoms with van der Waals surface area (Å²) in [5.41, 5.74) is 4.31. The van der Waals surface area contributed by atoms with Crippen LogP contribution in [0.25, 0.3) is 0 Å². The van der Waals surface area contributed by atoms with Crippen LogP contribution in [-0.4, -0.2) is 9.78 Å². The van der Waals surface area contributed by atoms with Gasteiger partial charge < -0.3 is 0 Å². The summed E-state index contributed by atoms with van der Waals surface area (Å²) < 4.78 is 2.25. The molecule has 0 amide bonds. The molecule has 1 aliphatic carbocycles. The summed E-state index contributed by atoms with van der Waals surface area (Å²) in [6.45, 7) is 9.46. The van der Waals surface area contributed by atoms with Crippen molar-refractivity contribution in [3.05, 3.63) is 29.6 Å². The molecule has 1 aromatic rings. The number of nitrogens with zero attached hydrogens (tertiary/aromatic N) is 2. The molecule has 1 atom stereocenters. The van der Waals surface area contributed by atoms with Gasteiger partial charge in [0, 0.05) is 12.2 Å². The van der Waals surface area contributed by atoms with Gasteiger partial charge in [-0.25, -0.2) is 0 Å². The van der Waals surface area contributed by atoms with Crippen molar-refractivity contribution >= 4 is 0 Å². The topological polar surface area (TPSA) is 17.8 Å². The minimum absolute atomic E-state index is 0.794. The van der Waals surface area contributed by atoms with E-state index in [9.17, 15) is 0 Å². The van der Waals surface area contributed by atoms with Gasteiger partial charge in [0.25, 0.3) is 0 Å². The molecule has 1 aromatic heterocycles. The Kier molecular flexibility index (Phi) is 4.62. The van der Waals surface area contributed by atoms with Gasteiger partial charge in [0.2, 0.25) is 0 Å². The zero-order chi connectivity index (χ0) is 13.0. The summed E-state index contributed by atoms with van der Waals surface area (Å²) in [7, 11) is 0. The fourth-order valence-corrected chi connectivity index (χ4v) is 3.01. The molecule has 0 saturated carbocycles. The van der Waals surface area contributed by atoms with E-state index in [-0.39, 0.29) is 0 Å². The fraction of sp³-hybridized carbons (Fsp3) is 0.688. The van der Waals surface area contributed by atoms with E-state index in [4.69, 9.17) is 5.10 Å². The molecule has 18 heavy (non-hydrogen) atoms. The van der Waals surface area contributed by atoms with Crippen molar-refractivity contribution in [2.45, 2.75) is 65.3 Å². The van der Waals surface area contributed by atoms with E-state index >= 15 is 0 Å². The van der Waals surface area contributed by atoms with E-state index in [0.29, 0.717) is 0 Å². The number of aromatic nitrogens is 2. The lowest BCUT2D eigenvalue weighted by Gasteiger charge is -2.20. The average molecular weight is 246 g/mol. The first-order chi connectivity index (χ1) is 8.76. The van der Waals surface area contributed by atoms with Crippen LogP contribution in [0.4, 0.5) is 0 Å². The zero-order valence-electron chi connectivity index (χ0n) is 11.9. The largest absolute Gasteiger partial charge is 0.269 e. The van der Waals surface area contributed by atoms with Gasteiger partial charge in [0.1, 0.15) is 0 Å². The molecule has 0 radical (unpaired) electrons. The van der Waals surface area contributed by atoms with E-state index in [1.54, 1.807) is 0 Å². The molecule has 0 bridgehead atoms. The van der Waals surface area contributed by atoms with Crippen molar-refractivity contribution < 1.29 is 0 Å². The average Bonchev–Trinajstić information content (AvgIpc) is 2.68. The highest BCUT2D eigenvalue weighted by Crippen LogP contribution is 2.29. The molecule has 1 aliphatic rings. The summed E-state index contributed by atoms with van der Waals surface area (Å²) in [4.78, 5) is 0. The Morgan fingerprint density at radius 1 is 1.44 bits per heavy atom. The number of unbranched alkanes of at least 4 members (excludes halogenated alkanes) is 2. The first-order valence-corrected chi connectivity index (χ1v) is 7.42. The molecule has 1 heterocycles. The number of hydrogen-bond acceptors (Lipinski definition) is 1. The minimum Gasteiger partial charge on any atom is -0.269 e. The van der Waals surface area contributed by atoms with Crippen molar-refractivity contribution in [1.82, 2.24) is 9.78 Å². The Morgan fingerprint density at radius 2 is 2.28 bits per heavy atom. The summed E-state index contributed by atoms with van der Waals surface area (Å²) in [5.74, 6) is 0.794. The first kappa shape index (κ1) is 13.4. The van der Waals surface area contributed by atoms with Crippen LogP contribution in [0, 0.1) is 12.8 Å². The Bertz CT molecular complexity index is 403. The van der Waals surface area contributed by atoms with Gasteiger partial charge >= 0.3 is 0 Å². The third kappa shape index (κ3) is 2.85. The predicted molar refractivity (Wildman–Crippen MR) is 76.8 cm³/mol. The normalized spacial score (nSPS) is 18.7. The SMILES string of the molecule is C=CCC1CCc2nn(CCCCC)c(C)c2C1. The maximum Gasteiger partial charge on any atom is 0.0659 e. The van der Waals surface area contributed by atoms with Crippen molar-refractivity contribution in [3.63, 3.8) is 0 Å². The third-order valence-electron chi connectivity index (χ3n) is 4.17. The number of allylic oxidation sites excluding steroid dienone is 1. The lowest BCUT2D eigenvalue weighted by atomic mass is 9.85. The van der Waals surface area contributed by atoms with Gasteiger partial charge in [0.05, 0.1) is 5.69 Å². The molecule has 0 aromatic carbocycles. The van der Waals surface area contributed by atoms with Crippen molar-refractivity contribution in [3.8, 4) is 0 Å². The lowest BCUT2D eigenvalue weighted by Crippen LogP contribution is -2.13. The molecule has 0 fully saturated rings. The highest BCUT2D eigenvalue weighted by atomic mass is 15.3. The number of rotatable bonds is 6. The van der Waals surface area contributed by atoms with Crippen LogP contribution < -0.4 is 0 Å². The van der Waals surface area contributed by atoms with Gasteiger partial charge in [-0.3, -0.25) is 4.68 Å². The molecule has 2 rings (SSSR count). The van der Waals surface area contributed by atoms with E-state index in [1.165, 1.54) is 49.1 Å². The summed E-state index contributed by atoms with van der Waals surface area (Å²) in [6, 6.07) is 0. The second-order valence-electron chi connectivity index (χ2n) is 5.57. The minimum atomic E-state index is 0.794. The van der Waals surface area contributed by atoms with Crippen molar-refractivity contribution in [2.24, 2.45) is 5.92 Å². The molecule has 2 heteroatoms. The van der Waals surface area contributed by atoms with Crippen LogP contribution in [0.2, 0.25) is 0 Å². The van der Waals surface area contributed by atoms with Crippen LogP contribution in [0.1, 0.15) is 56.0 Å². The number of aryl methyl sites for hydroxylation is 2. The molecular weight excluding hydrogens is 220 g/mol. The molecule has 0 N–H and O–H groups in total. The van der Waals surface area contributed by atoms with Gasteiger partial charge in [-0.2, -0.15) is 5.10 Å². The second kappa shape index (κ2) is 6.21. The monoisotopic (exact) mass is 246 g/mol. The smallest absolute Gasteiger partial charge is 0.0659 e. The first-order valence-electron chi connectivity index (χ1n) is 7.42. The fourth-order valence-electron chi connectivity index (χ4n) is 3.01. The highest BCUT2D eigenvalue weighted by Gasteiger charge is 2.23. The maximum atomic E-state index is 4.81. The standard InChI is InChI=1S/C16H26N2/c1-4-6-7-11-18-13(3)15-12-14(8-5-2)9-10-16(15)17-18/h5,14H,2,4,6-12H2,1,3H3. The van der Waals surface area contributed by atoms with Crippen LogP contribution in [0.3, 0.4) is 0 Å². The van der Waals surface area contributed by atoms with Gasteiger partial charge in [0.15, 0.2) is 0 Å². The molecule has 1 unspecified atom stereocenters. The maximum absolute atomic E-state index is 4.81. The van der Waals surface area contributed by atoms with Crippen LogP contribution >= 0.6 is 0 Å². The lowest BCUT2D eigenvalue weighted by molar-refractivity contribution is 0.459. The third-order valence-corrected chi connectivity index (χ3v) is 4.17. The summed E-state index contributed by atoms with van der Waals surface area (Å²) in [5, 5.41) is 4.81. The quantitative estimate of drug-likeness (QED) is 0.546. The van der Waals surface area contributed by atoms with E-state index in [2.05, 4.69) is 31.2 Å². The van der Waals surface area contributed by atoms with Crippen molar-refractivity contribution in [1.29, 1.82) is 0 Å². The molecular formula is C16H26N2. The second-order valence-corrected chi connectivity index (χ2v) is 5.57. The van der Waals surface area contributed by atoms with E-state index < -0.39 is 0 Å². The molecule has 0 saturated heterocycles. The van der Waals surface area contributed by atoms with Crippen LogP contribution in [-0.2, 0) is 19.4 Å². The molecule has 2 nitrogen and oxygen atoms in total. The van der Waals surface area contributed by atoms with E-state index in [0.717, 1.165) is 25.3 Å². The Morgan fingerprint density at radius 3 is 3.00 bits per heavy atom. The number of fused-ring (bicyclic) bond motifs is 1. The van der Waals surface area contributed by atoms with Gasteiger partial charge in [-0.1, -0.05) is 25.8 Å². The summed E-state index contributed by atoms with van der Waals surface area (Å²) in [6.07, 6.45) is 10.7. The highest BCUT2D eigenvalue weighted by molar-refractivity contribution is 5.28. The van der Waals surface area contributed by atoms with E-state index in [1.807, 2.05) is 0 Å². The van der Waals surface area contributed by atoms with Gasteiger partial charge in [-0.05, 0) is 50.5 Å². The van der Waals surface area contributed by atoms with Gasteiger partial charge in [-0.15, -0.1) is 6.58 Å². The predicted octanol–water partition coefficient (Wildman–Crippen LogP) is 4.06. The van der Waals surface area contributed by atoms with Crippen LogP contribution in [0.15, 0.2) is 12.7 Å². The molecule has 0 aliphatic heterocycles. The molecule has 0 spiro atoms.